The standard InChI is InChI=1S/C11H19N3O4S2/c1-7-9(19-10(16)12-7)20(17,18)14(5)6-8(15)13-11(2,3)4/h6H2,1-5H3,(H,12,16)(H,13,15). The fraction of sp³-hybridized carbons (Fsp3) is 0.636. The number of aromatic amines is 1. The summed E-state index contributed by atoms with van der Waals surface area (Å²) in [6.45, 7) is 6.63. The van der Waals surface area contributed by atoms with Crippen molar-refractivity contribution in [2.45, 2.75) is 37.4 Å². The number of nitrogens with one attached hydrogen (secondary N) is 2. The molecular weight excluding hydrogens is 302 g/mol. The summed E-state index contributed by atoms with van der Waals surface area (Å²) < 4.78 is 25.4. The summed E-state index contributed by atoms with van der Waals surface area (Å²) in [6.07, 6.45) is 0. The summed E-state index contributed by atoms with van der Waals surface area (Å²) in [4.78, 5) is 24.9. The van der Waals surface area contributed by atoms with Crippen molar-refractivity contribution in [2.24, 2.45) is 0 Å². The van der Waals surface area contributed by atoms with Crippen LogP contribution in [0, 0.1) is 6.92 Å². The molecule has 0 bridgehead atoms. The van der Waals surface area contributed by atoms with Gasteiger partial charge in [0.05, 0.1) is 6.54 Å². The minimum absolute atomic E-state index is 0.0615. The molecule has 0 aliphatic carbocycles. The maximum atomic E-state index is 12.3. The highest BCUT2D eigenvalue weighted by molar-refractivity contribution is 7.91. The smallest absolute Gasteiger partial charge is 0.305 e. The van der Waals surface area contributed by atoms with Crippen LogP contribution in [0.2, 0.25) is 0 Å². The van der Waals surface area contributed by atoms with Crippen LogP contribution in [-0.2, 0) is 14.8 Å². The van der Waals surface area contributed by atoms with Crippen LogP contribution < -0.4 is 10.2 Å². The van der Waals surface area contributed by atoms with Crippen molar-refractivity contribution in [2.75, 3.05) is 13.6 Å². The molecular formula is C11H19N3O4S2. The van der Waals surface area contributed by atoms with E-state index in [2.05, 4.69) is 10.3 Å². The number of carbonyl (C=O) groups is 1. The van der Waals surface area contributed by atoms with Crippen molar-refractivity contribution < 1.29 is 13.2 Å². The monoisotopic (exact) mass is 321 g/mol. The molecule has 2 N–H and O–H groups in total. The van der Waals surface area contributed by atoms with Crippen molar-refractivity contribution in [3.05, 3.63) is 15.4 Å². The second-order valence-corrected chi connectivity index (χ2v) is 8.71. The van der Waals surface area contributed by atoms with Gasteiger partial charge in [-0.25, -0.2) is 8.42 Å². The number of amides is 1. The first-order valence-corrected chi connectivity index (χ1v) is 8.16. The van der Waals surface area contributed by atoms with Crippen molar-refractivity contribution in [3.8, 4) is 0 Å². The molecule has 0 aliphatic heterocycles. The van der Waals surface area contributed by atoms with Gasteiger partial charge < -0.3 is 10.3 Å². The highest BCUT2D eigenvalue weighted by Crippen LogP contribution is 2.19. The van der Waals surface area contributed by atoms with Gasteiger partial charge >= 0.3 is 4.87 Å². The fourth-order valence-corrected chi connectivity index (χ4v) is 4.14. The zero-order valence-electron chi connectivity index (χ0n) is 12.1. The van der Waals surface area contributed by atoms with Crippen LogP contribution >= 0.6 is 11.3 Å². The predicted molar refractivity (Wildman–Crippen MR) is 77.4 cm³/mol. The van der Waals surface area contributed by atoms with Gasteiger partial charge in [-0.05, 0) is 27.7 Å². The van der Waals surface area contributed by atoms with Crippen LogP contribution in [-0.4, -0.2) is 42.7 Å². The zero-order valence-corrected chi connectivity index (χ0v) is 13.7. The Kier molecular flexibility index (Phi) is 4.78. The van der Waals surface area contributed by atoms with Crippen LogP contribution in [0.5, 0.6) is 0 Å². The van der Waals surface area contributed by atoms with Gasteiger partial charge in [-0.3, -0.25) is 9.59 Å². The summed E-state index contributed by atoms with van der Waals surface area (Å²) in [7, 11) is -2.53. The van der Waals surface area contributed by atoms with E-state index in [0.29, 0.717) is 11.3 Å². The molecule has 20 heavy (non-hydrogen) atoms. The Hall–Kier alpha value is -1.19. The van der Waals surface area contributed by atoms with E-state index < -0.39 is 26.3 Å². The first-order chi connectivity index (χ1) is 8.93. The minimum Gasteiger partial charge on any atom is -0.350 e. The number of nitrogens with zero attached hydrogens (tertiary/aromatic N) is 1. The molecule has 0 saturated heterocycles. The molecule has 9 heteroatoms. The summed E-state index contributed by atoms with van der Waals surface area (Å²) >= 11 is 0.617. The summed E-state index contributed by atoms with van der Waals surface area (Å²) in [5.74, 6) is -0.399. The SMILES string of the molecule is Cc1[nH]c(=O)sc1S(=O)(=O)N(C)CC(=O)NC(C)(C)C. The summed E-state index contributed by atoms with van der Waals surface area (Å²) in [5, 5.41) is 2.68. The van der Waals surface area contributed by atoms with Crippen molar-refractivity contribution in [1.29, 1.82) is 0 Å². The average Bonchev–Trinajstić information content (AvgIpc) is 2.55. The van der Waals surface area contributed by atoms with E-state index in [1.165, 1.54) is 14.0 Å². The molecule has 1 aromatic heterocycles. The number of likely N-dealkylation sites (N-methyl/N-ethyl adjacent to an activating group) is 1. The second-order valence-electron chi connectivity index (χ2n) is 5.49. The van der Waals surface area contributed by atoms with Gasteiger partial charge in [0.1, 0.15) is 0 Å². The van der Waals surface area contributed by atoms with E-state index in [9.17, 15) is 18.0 Å². The second kappa shape index (κ2) is 5.66. The average molecular weight is 321 g/mol. The Balaban J connectivity index is 2.91. The molecule has 0 aliphatic rings. The number of hydrogen-bond acceptors (Lipinski definition) is 5. The molecule has 0 saturated carbocycles. The number of hydrogen-bond donors (Lipinski definition) is 2. The molecule has 0 spiro atoms. The molecule has 1 amide bonds. The molecule has 7 nitrogen and oxygen atoms in total. The number of carbonyl (C=O) groups excluding carboxylic acids is 1. The quantitative estimate of drug-likeness (QED) is 0.832. The van der Waals surface area contributed by atoms with Gasteiger partial charge in [-0.2, -0.15) is 4.31 Å². The lowest BCUT2D eigenvalue weighted by atomic mass is 10.1. The first-order valence-electron chi connectivity index (χ1n) is 5.90. The fourth-order valence-electron chi connectivity index (χ4n) is 1.52. The van der Waals surface area contributed by atoms with E-state index in [0.717, 1.165) is 4.31 Å². The van der Waals surface area contributed by atoms with Crippen LogP contribution in [0.4, 0.5) is 0 Å². The lowest BCUT2D eigenvalue weighted by Gasteiger charge is -2.23. The molecule has 0 atom stereocenters. The zero-order chi connectivity index (χ0) is 15.7. The number of rotatable bonds is 4. The number of H-pyrrole nitrogens is 1. The Labute approximate surface area is 122 Å². The van der Waals surface area contributed by atoms with Crippen LogP contribution in [0.15, 0.2) is 9.00 Å². The molecule has 1 heterocycles. The Morgan fingerprint density at radius 2 is 1.95 bits per heavy atom. The largest absolute Gasteiger partial charge is 0.350 e. The van der Waals surface area contributed by atoms with E-state index in [4.69, 9.17) is 0 Å². The number of thiazole rings is 1. The molecule has 0 fully saturated rings. The maximum Gasteiger partial charge on any atom is 0.305 e. The Morgan fingerprint density at radius 3 is 2.35 bits per heavy atom. The molecule has 0 radical (unpaired) electrons. The van der Waals surface area contributed by atoms with Gasteiger partial charge in [0, 0.05) is 18.3 Å². The van der Waals surface area contributed by atoms with Gasteiger partial charge in [0.15, 0.2) is 4.21 Å². The van der Waals surface area contributed by atoms with Gasteiger partial charge in [0.2, 0.25) is 5.91 Å². The van der Waals surface area contributed by atoms with Gasteiger partial charge in [-0.1, -0.05) is 11.3 Å². The summed E-state index contributed by atoms with van der Waals surface area (Å²) in [6, 6.07) is 0. The molecule has 1 rings (SSSR count). The van der Waals surface area contributed by atoms with E-state index >= 15 is 0 Å². The lowest BCUT2D eigenvalue weighted by Crippen LogP contribution is -2.46. The highest BCUT2D eigenvalue weighted by atomic mass is 32.2. The molecule has 1 aromatic rings. The van der Waals surface area contributed by atoms with Gasteiger partial charge in [-0.15, -0.1) is 0 Å². The van der Waals surface area contributed by atoms with Crippen LogP contribution in [0.1, 0.15) is 26.5 Å². The number of sulfonamides is 1. The third-order valence-electron chi connectivity index (χ3n) is 2.31. The third-order valence-corrected chi connectivity index (χ3v) is 5.69. The molecule has 0 unspecified atom stereocenters. The third kappa shape index (κ3) is 4.15. The molecule has 0 aromatic carbocycles. The lowest BCUT2D eigenvalue weighted by molar-refractivity contribution is -0.122. The van der Waals surface area contributed by atoms with E-state index in [-0.39, 0.29) is 16.4 Å². The number of aryl methyl sites for hydroxylation is 1. The van der Waals surface area contributed by atoms with Crippen molar-refractivity contribution in [3.63, 3.8) is 0 Å². The van der Waals surface area contributed by atoms with Crippen LogP contribution in [0.3, 0.4) is 0 Å². The normalized spacial score (nSPS) is 12.7. The predicted octanol–water partition coefficient (Wildman–Crippen LogP) is 0.280. The Bertz CT molecular complexity index is 652. The minimum atomic E-state index is -3.84. The Morgan fingerprint density at radius 1 is 1.40 bits per heavy atom. The van der Waals surface area contributed by atoms with E-state index in [1.54, 1.807) is 0 Å². The first kappa shape index (κ1) is 16.9. The molecule has 114 valence electrons. The van der Waals surface area contributed by atoms with Crippen LogP contribution in [0.25, 0.3) is 0 Å². The highest BCUT2D eigenvalue weighted by Gasteiger charge is 2.28. The topological polar surface area (TPSA) is 99.3 Å². The van der Waals surface area contributed by atoms with Crippen molar-refractivity contribution in [1.82, 2.24) is 14.6 Å². The van der Waals surface area contributed by atoms with Crippen molar-refractivity contribution >= 4 is 27.3 Å². The maximum absolute atomic E-state index is 12.3. The summed E-state index contributed by atoms with van der Waals surface area (Å²) in [5.41, 5.74) is -0.153. The van der Waals surface area contributed by atoms with Gasteiger partial charge in [0.25, 0.3) is 10.0 Å². The number of aromatic nitrogens is 1. The van der Waals surface area contributed by atoms with E-state index in [1.807, 2.05) is 20.8 Å².